The lowest BCUT2D eigenvalue weighted by atomic mass is 9.81. The van der Waals surface area contributed by atoms with Crippen molar-refractivity contribution in [2.45, 2.75) is 64.5 Å². The monoisotopic (exact) mass is 870 g/mol. The Kier molecular flexibility index (Phi) is 15.0. The first kappa shape index (κ1) is 44.6. The number of rotatable bonds is 16. The van der Waals surface area contributed by atoms with E-state index in [2.05, 4.69) is 51.9 Å². The zero-order valence-electron chi connectivity index (χ0n) is 34.0. The van der Waals surface area contributed by atoms with E-state index in [1.165, 1.54) is 36.6 Å². The Morgan fingerprint density at radius 3 is 2.47 bits per heavy atom. The molecule has 4 aromatic rings. The third kappa shape index (κ3) is 11.5. The number of nitrogens with zero attached hydrogens (tertiary/aromatic N) is 2. The Morgan fingerprint density at radius 2 is 1.75 bits per heavy atom. The highest BCUT2D eigenvalue weighted by Crippen LogP contribution is 2.40. The largest absolute Gasteiger partial charge is 0.495 e. The summed E-state index contributed by atoms with van der Waals surface area (Å²) in [6.45, 7) is 8.82. The topological polar surface area (TPSA) is 143 Å². The predicted molar refractivity (Wildman–Crippen MR) is 226 cm³/mol. The van der Waals surface area contributed by atoms with Gasteiger partial charge >= 0.3 is 0 Å². The van der Waals surface area contributed by atoms with Gasteiger partial charge in [0.15, 0.2) is 23.3 Å². The third-order valence-corrected chi connectivity index (χ3v) is 11.4. The number of hydrogen-bond donors (Lipinski definition) is 4. The molecule has 6 rings (SSSR count). The SMILES string of the molecule is COc1cc(C(=O)NCCCCNC(=O)COc2c(-c3csc(N4CCOCC4)n3)ccc(F)c2F)ccc1NC(=O)[C@H]1C[C@@H](c2ccc(Cl)cc2F)[C@H](CC(C)(C)C)N1. The number of benzene rings is 3. The zero-order chi connectivity index (χ0) is 43.0. The van der Waals surface area contributed by atoms with Gasteiger partial charge in [-0.05, 0) is 79.1 Å². The Morgan fingerprint density at radius 1 is 1.00 bits per heavy atom. The number of halogens is 4. The van der Waals surface area contributed by atoms with E-state index in [-0.39, 0.29) is 41.3 Å². The van der Waals surface area contributed by atoms with Gasteiger partial charge in [-0.15, -0.1) is 11.3 Å². The van der Waals surface area contributed by atoms with Crippen LogP contribution >= 0.6 is 22.9 Å². The molecule has 2 fully saturated rings. The molecule has 2 aliphatic rings. The molecule has 3 heterocycles. The van der Waals surface area contributed by atoms with Crippen LogP contribution < -0.4 is 35.6 Å². The summed E-state index contributed by atoms with van der Waals surface area (Å²) in [5, 5.41) is 14.6. The molecule has 2 saturated heterocycles. The van der Waals surface area contributed by atoms with E-state index in [9.17, 15) is 23.2 Å². The molecule has 60 heavy (non-hydrogen) atoms. The molecule has 0 saturated carbocycles. The van der Waals surface area contributed by atoms with Gasteiger partial charge in [-0.25, -0.2) is 13.8 Å². The van der Waals surface area contributed by atoms with Crippen molar-refractivity contribution in [2.75, 3.05) is 63.3 Å². The van der Waals surface area contributed by atoms with E-state index in [4.69, 9.17) is 25.8 Å². The molecule has 12 nitrogen and oxygen atoms in total. The maximum Gasteiger partial charge on any atom is 0.257 e. The molecule has 1 aromatic heterocycles. The summed E-state index contributed by atoms with van der Waals surface area (Å²) in [7, 11) is 1.44. The zero-order valence-corrected chi connectivity index (χ0v) is 35.5. The van der Waals surface area contributed by atoms with Crippen LogP contribution in [0.3, 0.4) is 0 Å². The second-order valence-electron chi connectivity index (χ2n) is 16.0. The molecular weight excluding hydrogens is 821 g/mol. The van der Waals surface area contributed by atoms with Crippen molar-refractivity contribution in [3.63, 3.8) is 0 Å². The van der Waals surface area contributed by atoms with Crippen molar-refractivity contribution in [2.24, 2.45) is 5.41 Å². The number of unbranched alkanes of at least 4 members (excludes halogenated alkanes) is 1. The number of carbonyl (C=O) groups excluding carboxylic acids is 3. The number of anilines is 2. The third-order valence-electron chi connectivity index (χ3n) is 10.3. The number of amides is 3. The van der Waals surface area contributed by atoms with E-state index in [0.717, 1.165) is 11.2 Å². The second kappa shape index (κ2) is 20.1. The highest BCUT2D eigenvalue weighted by molar-refractivity contribution is 7.14. The molecule has 0 spiro atoms. The number of carbonyl (C=O) groups is 3. The molecular formula is C43H50ClF3N6O6S. The van der Waals surface area contributed by atoms with Crippen LogP contribution in [0, 0.1) is 22.9 Å². The molecule has 0 bridgehead atoms. The number of ether oxygens (including phenoxy) is 3. The summed E-state index contributed by atoms with van der Waals surface area (Å²) in [4.78, 5) is 45.8. The van der Waals surface area contributed by atoms with E-state index in [1.807, 2.05) is 0 Å². The smallest absolute Gasteiger partial charge is 0.257 e. The van der Waals surface area contributed by atoms with Gasteiger partial charge in [0.1, 0.15) is 11.6 Å². The number of nitrogens with one attached hydrogen (secondary N) is 4. The van der Waals surface area contributed by atoms with E-state index >= 15 is 4.39 Å². The van der Waals surface area contributed by atoms with Crippen LogP contribution in [-0.4, -0.2) is 87.9 Å². The van der Waals surface area contributed by atoms with Crippen molar-refractivity contribution in [1.82, 2.24) is 20.9 Å². The van der Waals surface area contributed by atoms with Crippen LogP contribution in [0.25, 0.3) is 11.3 Å². The van der Waals surface area contributed by atoms with Crippen LogP contribution in [0.5, 0.6) is 11.5 Å². The Balaban J connectivity index is 0.947. The van der Waals surface area contributed by atoms with E-state index in [0.29, 0.717) is 91.8 Å². The van der Waals surface area contributed by atoms with Gasteiger partial charge in [-0.3, -0.25) is 14.4 Å². The first-order chi connectivity index (χ1) is 28.7. The molecule has 0 radical (unpaired) electrons. The standard InChI is InChI=1S/C43H50ClF3N6O6S/c1-43(2,3)22-34-29(27-9-8-26(44)20-31(27)46)21-33(50-34)41(56)51-32-12-7-25(19-36(32)57-4)40(55)49-14-6-5-13-48-37(54)23-59-39-28(10-11-30(45)38(39)47)35-24-60-42(52-35)53-15-17-58-18-16-53/h7-12,19-20,24,29,33-34,50H,5-6,13-18,21-23H2,1-4H3,(H,48,54)(H,49,55)(H,51,56)/t29-,33+,34-/m0/s1. The lowest BCUT2D eigenvalue weighted by Gasteiger charge is -2.28. The normalized spacial score (nSPS) is 17.9. The molecule has 17 heteroatoms. The van der Waals surface area contributed by atoms with Gasteiger partial charge in [-0.1, -0.05) is 38.4 Å². The molecule has 3 atom stereocenters. The summed E-state index contributed by atoms with van der Waals surface area (Å²) in [6.07, 6.45) is 2.14. The highest BCUT2D eigenvalue weighted by Gasteiger charge is 2.41. The number of hydrogen-bond acceptors (Lipinski definition) is 10. The van der Waals surface area contributed by atoms with Crippen molar-refractivity contribution in [3.8, 4) is 22.8 Å². The molecule has 2 aliphatic heterocycles. The maximum absolute atomic E-state index is 15.0. The van der Waals surface area contributed by atoms with Crippen LogP contribution in [0.1, 0.15) is 68.3 Å². The lowest BCUT2D eigenvalue weighted by molar-refractivity contribution is -0.123. The Hall–Kier alpha value is -4.90. The summed E-state index contributed by atoms with van der Waals surface area (Å²) < 4.78 is 60.5. The van der Waals surface area contributed by atoms with Crippen molar-refractivity contribution in [1.29, 1.82) is 0 Å². The first-order valence-corrected chi connectivity index (χ1v) is 21.1. The predicted octanol–water partition coefficient (Wildman–Crippen LogP) is 7.32. The minimum absolute atomic E-state index is 0.0755. The van der Waals surface area contributed by atoms with E-state index in [1.54, 1.807) is 29.6 Å². The molecule has 3 aromatic carbocycles. The fraction of sp³-hybridized carbons (Fsp3) is 0.442. The Labute approximate surface area is 356 Å². The second-order valence-corrected chi connectivity index (χ2v) is 17.2. The Bertz CT molecular complexity index is 2160. The van der Waals surface area contributed by atoms with Gasteiger partial charge in [0.2, 0.25) is 11.7 Å². The van der Waals surface area contributed by atoms with Crippen LogP contribution in [0.15, 0.2) is 53.9 Å². The van der Waals surface area contributed by atoms with E-state index < -0.39 is 41.8 Å². The quantitative estimate of drug-likeness (QED) is 0.0853. The molecule has 4 N–H and O–H groups in total. The lowest BCUT2D eigenvalue weighted by Crippen LogP contribution is -2.40. The van der Waals surface area contributed by atoms with Gasteiger partial charge in [0.25, 0.3) is 11.8 Å². The van der Waals surface area contributed by atoms with Gasteiger partial charge in [0.05, 0.1) is 37.7 Å². The van der Waals surface area contributed by atoms with Crippen molar-refractivity contribution >= 4 is 51.5 Å². The summed E-state index contributed by atoms with van der Waals surface area (Å²) in [6, 6.07) is 11.0. The van der Waals surface area contributed by atoms with Crippen LogP contribution in [0.2, 0.25) is 5.02 Å². The molecule has 0 aliphatic carbocycles. The average Bonchev–Trinajstić information content (AvgIpc) is 3.87. The summed E-state index contributed by atoms with van der Waals surface area (Å²) in [5.41, 5.74) is 1.78. The summed E-state index contributed by atoms with van der Waals surface area (Å²) >= 11 is 7.39. The number of methoxy groups -OCH3 is 1. The van der Waals surface area contributed by atoms with Crippen LogP contribution in [0.4, 0.5) is 24.0 Å². The molecule has 3 amide bonds. The van der Waals surface area contributed by atoms with Crippen molar-refractivity contribution in [3.05, 3.63) is 87.5 Å². The minimum Gasteiger partial charge on any atom is -0.495 e. The highest BCUT2D eigenvalue weighted by atomic mass is 35.5. The van der Waals surface area contributed by atoms with Gasteiger partial charge in [-0.2, -0.15) is 4.39 Å². The van der Waals surface area contributed by atoms with Gasteiger partial charge in [0, 0.05) is 59.7 Å². The van der Waals surface area contributed by atoms with Gasteiger partial charge < -0.3 is 40.4 Å². The summed E-state index contributed by atoms with van der Waals surface area (Å²) in [5.74, 6) is -4.25. The average molecular weight is 871 g/mol. The molecule has 0 unspecified atom stereocenters. The number of thiazole rings is 1. The number of morpholine rings is 1. The van der Waals surface area contributed by atoms with Crippen molar-refractivity contribution < 1.29 is 41.8 Å². The first-order valence-electron chi connectivity index (χ1n) is 19.8. The maximum atomic E-state index is 15.0. The fourth-order valence-electron chi connectivity index (χ4n) is 7.34. The molecule has 322 valence electrons. The fourth-order valence-corrected chi connectivity index (χ4v) is 8.38. The van der Waals surface area contributed by atoms with Crippen LogP contribution in [-0.2, 0) is 14.3 Å². The minimum atomic E-state index is -1.21. The number of aromatic nitrogens is 1.